The van der Waals surface area contributed by atoms with E-state index in [-0.39, 0.29) is 11.6 Å². The topological polar surface area (TPSA) is 58.1 Å². The van der Waals surface area contributed by atoms with Crippen molar-refractivity contribution in [2.75, 3.05) is 11.9 Å². The van der Waals surface area contributed by atoms with Crippen LogP contribution in [0.25, 0.3) is 0 Å². The van der Waals surface area contributed by atoms with Crippen LogP contribution < -0.4 is 5.32 Å². The van der Waals surface area contributed by atoms with Crippen molar-refractivity contribution < 1.29 is 4.79 Å². The number of rotatable bonds is 3. The van der Waals surface area contributed by atoms with Crippen molar-refractivity contribution in [3.8, 4) is 0 Å². The first-order valence-corrected chi connectivity index (χ1v) is 7.56. The lowest BCUT2D eigenvalue weighted by atomic mass is 9.90. The van der Waals surface area contributed by atoms with Crippen LogP contribution in [0.5, 0.6) is 0 Å². The Balaban J connectivity index is 1.73. The molecule has 0 radical (unpaired) electrons. The minimum absolute atomic E-state index is 0.0883. The van der Waals surface area contributed by atoms with Crippen LogP contribution in [0.2, 0.25) is 0 Å². The van der Waals surface area contributed by atoms with Gasteiger partial charge in [0.25, 0.3) is 0 Å². The number of hydrogen-bond acceptors (Lipinski definition) is 3. The molecule has 1 aromatic carbocycles. The van der Waals surface area contributed by atoms with Gasteiger partial charge < -0.3 is 4.90 Å². The van der Waals surface area contributed by atoms with Crippen LogP contribution in [-0.4, -0.2) is 33.0 Å². The highest BCUT2D eigenvalue weighted by Crippen LogP contribution is 2.32. The summed E-state index contributed by atoms with van der Waals surface area (Å²) in [5.41, 5.74) is 1.10. The number of carbonyl (C=O) groups is 1. The lowest BCUT2D eigenvalue weighted by Gasteiger charge is -2.35. The number of nitrogens with one attached hydrogen (secondary N) is 1. The largest absolute Gasteiger partial charge is 0.323 e. The van der Waals surface area contributed by atoms with E-state index in [1.54, 1.807) is 12.3 Å². The average Bonchev–Trinajstić information content (AvgIpc) is 2.90. The molecule has 0 spiro atoms. The second-order valence-electron chi connectivity index (χ2n) is 5.94. The summed E-state index contributed by atoms with van der Waals surface area (Å²) in [5.74, 6) is 0.536. The molecule has 2 amide bonds. The second kappa shape index (κ2) is 6.13. The van der Waals surface area contributed by atoms with Gasteiger partial charge in [-0.25, -0.2) is 14.8 Å². The van der Waals surface area contributed by atoms with Gasteiger partial charge in [0, 0.05) is 18.3 Å². The fraction of sp³-hybridized carbons (Fsp3) is 0.353. The first-order chi connectivity index (χ1) is 10.7. The molecule has 1 aliphatic rings. The number of benzene rings is 1. The van der Waals surface area contributed by atoms with Crippen LogP contribution >= 0.6 is 0 Å². The molecule has 114 valence electrons. The number of anilines is 1. The Kier molecular flexibility index (Phi) is 4.04. The average molecular weight is 296 g/mol. The van der Waals surface area contributed by atoms with E-state index in [0.717, 1.165) is 25.8 Å². The Labute approximate surface area is 130 Å². The molecule has 22 heavy (non-hydrogen) atoms. The molecule has 5 nitrogen and oxygen atoms in total. The highest BCUT2D eigenvalue weighted by atomic mass is 16.2. The summed E-state index contributed by atoms with van der Waals surface area (Å²) in [6.45, 7) is 2.94. The fourth-order valence-electron chi connectivity index (χ4n) is 3.13. The maximum atomic E-state index is 12.6. The molecule has 0 aliphatic carbocycles. The van der Waals surface area contributed by atoms with Crippen molar-refractivity contribution in [3.05, 3.63) is 54.5 Å². The molecule has 1 fully saturated rings. The quantitative estimate of drug-likeness (QED) is 0.946. The monoisotopic (exact) mass is 296 g/mol. The molecular weight excluding hydrogens is 276 g/mol. The first kappa shape index (κ1) is 14.5. The fourth-order valence-corrected chi connectivity index (χ4v) is 3.13. The van der Waals surface area contributed by atoms with Gasteiger partial charge in [0.1, 0.15) is 12.1 Å². The van der Waals surface area contributed by atoms with Gasteiger partial charge in [-0.2, -0.15) is 0 Å². The van der Waals surface area contributed by atoms with Crippen molar-refractivity contribution in [2.24, 2.45) is 0 Å². The Morgan fingerprint density at radius 2 is 2.14 bits per heavy atom. The van der Waals surface area contributed by atoms with E-state index >= 15 is 0 Å². The lowest BCUT2D eigenvalue weighted by molar-refractivity contribution is 0.168. The minimum atomic E-state index is -0.154. The maximum Gasteiger partial charge on any atom is 0.323 e. The molecule has 1 atom stereocenters. The molecule has 2 heterocycles. The summed E-state index contributed by atoms with van der Waals surface area (Å²) in [6, 6.07) is 11.9. The first-order valence-electron chi connectivity index (χ1n) is 7.56. The summed E-state index contributed by atoms with van der Waals surface area (Å²) in [4.78, 5) is 22.4. The predicted octanol–water partition coefficient (Wildman–Crippen LogP) is 3.11. The third-order valence-electron chi connectivity index (χ3n) is 4.24. The van der Waals surface area contributed by atoms with Crippen LogP contribution in [0.4, 0.5) is 10.6 Å². The SMILES string of the molecule is CC1(Cc2ccccc2)CCCN1C(=O)Nc1ccncn1. The standard InChI is InChI=1S/C17H20N4O/c1-17(12-14-6-3-2-4-7-14)9-5-11-21(17)16(22)20-15-8-10-18-13-19-15/h2-4,6-8,10,13H,5,9,11-12H2,1H3,(H,18,19,20,22). The van der Waals surface area contributed by atoms with Crippen LogP contribution in [-0.2, 0) is 6.42 Å². The van der Waals surface area contributed by atoms with E-state index < -0.39 is 0 Å². The molecule has 0 saturated carbocycles. The minimum Gasteiger partial charge on any atom is -0.319 e. The van der Waals surface area contributed by atoms with Gasteiger partial charge >= 0.3 is 6.03 Å². The van der Waals surface area contributed by atoms with E-state index in [2.05, 4.69) is 34.3 Å². The molecule has 1 saturated heterocycles. The molecule has 5 heteroatoms. The van der Waals surface area contributed by atoms with Gasteiger partial charge in [0.2, 0.25) is 0 Å². The van der Waals surface area contributed by atoms with Crippen molar-refractivity contribution in [1.29, 1.82) is 0 Å². The number of hydrogen-bond donors (Lipinski definition) is 1. The Bertz CT molecular complexity index is 632. The summed E-state index contributed by atoms with van der Waals surface area (Å²) < 4.78 is 0. The van der Waals surface area contributed by atoms with Crippen molar-refractivity contribution >= 4 is 11.8 Å². The summed E-state index contributed by atoms with van der Waals surface area (Å²) >= 11 is 0. The maximum absolute atomic E-state index is 12.6. The van der Waals surface area contributed by atoms with Crippen molar-refractivity contribution in [1.82, 2.24) is 14.9 Å². The van der Waals surface area contributed by atoms with Gasteiger partial charge in [-0.3, -0.25) is 5.32 Å². The highest BCUT2D eigenvalue weighted by Gasteiger charge is 2.39. The predicted molar refractivity (Wildman–Crippen MR) is 85.5 cm³/mol. The number of carbonyl (C=O) groups excluding carboxylic acids is 1. The normalized spacial score (nSPS) is 20.9. The molecular formula is C17H20N4O. The molecule has 2 aromatic rings. The molecule has 1 unspecified atom stereocenters. The van der Waals surface area contributed by atoms with Crippen LogP contribution in [0, 0.1) is 0 Å². The van der Waals surface area contributed by atoms with E-state index in [1.165, 1.54) is 11.9 Å². The Morgan fingerprint density at radius 3 is 2.86 bits per heavy atom. The van der Waals surface area contributed by atoms with E-state index in [4.69, 9.17) is 0 Å². The smallest absolute Gasteiger partial charge is 0.319 e. The molecule has 3 rings (SSSR count). The molecule has 0 bridgehead atoms. The summed E-state index contributed by atoms with van der Waals surface area (Å²) in [5, 5.41) is 2.86. The highest BCUT2D eigenvalue weighted by molar-refractivity contribution is 5.89. The number of amides is 2. The van der Waals surface area contributed by atoms with Gasteiger partial charge in [0.15, 0.2) is 0 Å². The van der Waals surface area contributed by atoms with Gasteiger partial charge in [-0.1, -0.05) is 30.3 Å². The zero-order chi connectivity index (χ0) is 15.4. The third kappa shape index (κ3) is 3.08. The van der Waals surface area contributed by atoms with Gasteiger partial charge in [0.05, 0.1) is 0 Å². The molecule has 1 aliphatic heterocycles. The van der Waals surface area contributed by atoms with Gasteiger partial charge in [-0.15, -0.1) is 0 Å². The van der Waals surface area contributed by atoms with E-state index in [9.17, 15) is 4.79 Å². The molecule has 1 aromatic heterocycles. The van der Waals surface area contributed by atoms with Crippen LogP contribution in [0.15, 0.2) is 48.9 Å². The second-order valence-corrected chi connectivity index (χ2v) is 5.94. The number of aromatic nitrogens is 2. The summed E-state index contributed by atoms with van der Waals surface area (Å²) in [7, 11) is 0. The number of nitrogens with zero attached hydrogens (tertiary/aromatic N) is 3. The zero-order valence-electron chi connectivity index (χ0n) is 12.7. The van der Waals surface area contributed by atoms with Crippen molar-refractivity contribution in [3.63, 3.8) is 0 Å². The zero-order valence-corrected chi connectivity index (χ0v) is 12.7. The number of likely N-dealkylation sites (tertiary alicyclic amines) is 1. The molecule has 1 N–H and O–H groups in total. The van der Waals surface area contributed by atoms with Crippen LogP contribution in [0.1, 0.15) is 25.3 Å². The Hall–Kier alpha value is -2.43. The van der Waals surface area contributed by atoms with Gasteiger partial charge in [-0.05, 0) is 37.8 Å². The van der Waals surface area contributed by atoms with Crippen LogP contribution in [0.3, 0.4) is 0 Å². The van der Waals surface area contributed by atoms with E-state index in [1.807, 2.05) is 23.1 Å². The summed E-state index contributed by atoms with van der Waals surface area (Å²) in [6.07, 6.45) is 5.96. The van der Waals surface area contributed by atoms with Crippen molar-refractivity contribution in [2.45, 2.75) is 31.7 Å². The number of urea groups is 1. The third-order valence-corrected chi connectivity index (χ3v) is 4.24. The van der Waals surface area contributed by atoms with E-state index in [0.29, 0.717) is 5.82 Å². The lowest BCUT2D eigenvalue weighted by Crippen LogP contribution is -2.48. The Morgan fingerprint density at radius 1 is 1.32 bits per heavy atom.